The second-order valence-electron chi connectivity index (χ2n) is 6.21. The van der Waals surface area contributed by atoms with Crippen LogP contribution >= 0.6 is 0 Å². The van der Waals surface area contributed by atoms with Gasteiger partial charge in [0.1, 0.15) is 17.7 Å². The molecule has 0 radical (unpaired) electrons. The van der Waals surface area contributed by atoms with Crippen LogP contribution in [0.3, 0.4) is 0 Å². The smallest absolute Gasteiger partial charge is 0.408 e. The maximum absolute atomic E-state index is 12.0. The van der Waals surface area contributed by atoms with Crippen molar-refractivity contribution in [2.75, 3.05) is 7.11 Å². The Bertz CT molecular complexity index is 412. The van der Waals surface area contributed by atoms with Crippen molar-refractivity contribution in [3.8, 4) is 0 Å². The molecule has 1 aliphatic carbocycles. The molecule has 2 N–H and O–H groups in total. The van der Waals surface area contributed by atoms with E-state index in [1.54, 1.807) is 20.8 Å². The first-order chi connectivity index (χ1) is 9.64. The second kappa shape index (κ2) is 6.78. The van der Waals surface area contributed by atoms with Gasteiger partial charge >= 0.3 is 12.1 Å². The average Bonchev–Trinajstić information content (AvgIpc) is 3.16. The second-order valence-corrected chi connectivity index (χ2v) is 6.21. The summed E-state index contributed by atoms with van der Waals surface area (Å²) in [4.78, 5) is 35.2. The number of hydrogen-bond acceptors (Lipinski definition) is 5. The van der Waals surface area contributed by atoms with E-state index in [4.69, 9.17) is 4.74 Å². The molecular weight excluding hydrogens is 276 g/mol. The number of carbonyl (C=O) groups is 3. The van der Waals surface area contributed by atoms with E-state index < -0.39 is 35.7 Å². The number of hydrogen-bond donors (Lipinski definition) is 2. The Labute approximate surface area is 124 Å². The number of esters is 1. The summed E-state index contributed by atoms with van der Waals surface area (Å²) in [6, 6.07) is -1.45. The quantitative estimate of drug-likeness (QED) is 0.738. The third kappa shape index (κ3) is 6.01. The van der Waals surface area contributed by atoms with Crippen molar-refractivity contribution in [1.29, 1.82) is 0 Å². The lowest BCUT2D eigenvalue weighted by atomic mass is 10.1. The molecule has 1 saturated carbocycles. The minimum atomic E-state index is -0.800. The van der Waals surface area contributed by atoms with Crippen molar-refractivity contribution in [2.45, 2.75) is 58.2 Å². The van der Waals surface area contributed by atoms with E-state index in [9.17, 15) is 14.4 Å². The summed E-state index contributed by atoms with van der Waals surface area (Å²) in [5.74, 6) is -0.784. The molecule has 7 heteroatoms. The third-order valence-corrected chi connectivity index (χ3v) is 2.97. The molecule has 0 aromatic heterocycles. The van der Waals surface area contributed by atoms with Gasteiger partial charge in [-0.2, -0.15) is 0 Å². The largest absolute Gasteiger partial charge is 0.467 e. The number of carbonyl (C=O) groups excluding carboxylic acids is 3. The van der Waals surface area contributed by atoms with E-state index in [1.165, 1.54) is 14.0 Å². The molecule has 0 heterocycles. The van der Waals surface area contributed by atoms with Crippen molar-refractivity contribution in [3.63, 3.8) is 0 Å². The molecule has 2 unspecified atom stereocenters. The predicted molar refractivity (Wildman–Crippen MR) is 75.5 cm³/mol. The van der Waals surface area contributed by atoms with E-state index in [-0.39, 0.29) is 5.92 Å². The lowest BCUT2D eigenvalue weighted by Crippen LogP contribution is -2.52. The molecule has 0 bridgehead atoms. The van der Waals surface area contributed by atoms with Crippen molar-refractivity contribution >= 4 is 18.0 Å². The van der Waals surface area contributed by atoms with Crippen molar-refractivity contribution in [3.05, 3.63) is 0 Å². The van der Waals surface area contributed by atoms with E-state index in [0.717, 1.165) is 12.8 Å². The third-order valence-electron chi connectivity index (χ3n) is 2.97. The van der Waals surface area contributed by atoms with Gasteiger partial charge in [-0.25, -0.2) is 9.59 Å². The maximum Gasteiger partial charge on any atom is 0.408 e. The van der Waals surface area contributed by atoms with Gasteiger partial charge in [-0.05, 0) is 46.5 Å². The minimum Gasteiger partial charge on any atom is -0.467 e. The first-order valence-corrected chi connectivity index (χ1v) is 7.01. The van der Waals surface area contributed by atoms with Gasteiger partial charge in [0.15, 0.2) is 0 Å². The molecule has 0 aromatic rings. The van der Waals surface area contributed by atoms with E-state index in [2.05, 4.69) is 15.4 Å². The fourth-order valence-corrected chi connectivity index (χ4v) is 1.75. The normalized spacial score (nSPS) is 17.4. The Morgan fingerprint density at radius 3 is 2.14 bits per heavy atom. The Morgan fingerprint density at radius 1 is 1.14 bits per heavy atom. The highest BCUT2D eigenvalue weighted by Gasteiger charge is 2.38. The highest BCUT2D eigenvalue weighted by Crippen LogP contribution is 2.33. The fourth-order valence-electron chi connectivity index (χ4n) is 1.75. The average molecular weight is 300 g/mol. The highest BCUT2D eigenvalue weighted by atomic mass is 16.6. The zero-order chi connectivity index (χ0) is 16.2. The van der Waals surface area contributed by atoms with Crippen LogP contribution in [-0.2, 0) is 19.1 Å². The Hall–Kier alpha value is -1.79. The molecule has 1 fully saturated rings. The molecule has 0 spiro atoms. The predicted octanol–water partition coefficient (Wildman–Crippen LogP) is 0.967. The van der Waals surface area contributed by atoms with Crippen molar-refractivity contribution < 1.29 is 23.9 Å². The fraction of sp³-hybridized carbons (Fsp3) is 0.786. The minimum absolute atomic E-state index is 0.120. The van der Waals surface area contributed by atoms with Gasteiger partial charge in [-0.3, -0.25) is 4.79 Å². The van der Waals surface area contributed by atoms with Crippen LogP contribution in [0.1, 0.15) is 40.5 Å². The van der Waals surface area contributed by atoms with Gasteiger partial charge in [-0.15, -0.1) is 0 Å². The van der Waals surface area contributed by atoms with Crippen LogP contribution in [0.2, 0.25) is 0 Å². The van der Waals surface area contributed by atoms with Gasteiger partial charge in [0, 0.05) is 0 Å². The lowest BCUT2D eigenvalue weighted by Gasteiger charge is -2.23. The van der Waals surface area contributed by atoms with Crippen LogP contribution in [0.25, 0.3) is 0 Å². The Balaban J connectivity index is 2.49. The van der Waals surface area contributed by atoms with Crippen LogP contribution in [0.15, 0.2) is 0 Å². The summed E-state index contributed by atoms with van der Waals surface area (Å²) in [5, 5.41) is 5.05. The number of amides is 2. The summed E-state index contributed by atoms with van der Waals surface area (Å²) in [6.07, 6.45) is 1.09. The number of ether oxygens (including phenoxy) is 2. The highest BCUT2D eigenvalue weighted by molar-refractivity contribution is 5.89. The lowest BCUT2D eigenvalue weighted by molar-refractivity contribution is -0.145. The van der Waals surface area contributed by atoms with Crippen LogP contribution in [-0.4, -0.2) is 42.8 Å². The molecular formula is C14H24N2O5. The van der Waals surface area contributed by atoms with Crippen molar-refractivity contribution in [1.82, 2.24) is 10.6 Å². The van der Waals surface area contributed by atoms with E-state index in [1.807, 2.05) is 0 Å². The first-order valence-electron chi connectivity index (χ1n) is 7.01. The monoisotopic (exact) mass is 300 g/mol. The van der Waals surface area contributed by atoms with Crippen molar-refractivity contribution in [2.24, 2.45) is 5.92 Å². The molecule has 1 aliphatic rings. The van der Waals surface area contributed by atoms with Gasteiger partial charge in [0.05, 0.1) is 7.11 Å². The summed E-state index contributed by atoms with van der Waals surface area (Å²) in [6.45, 7) is 6.73. The zero-order valence-corrected chi connectivity index (χ0v) is 13.2. The standard InChI is InChI=1S/C14H24N2O5/c1-8(15-13(19)21-14(2,3)4)11(17)16-10(9-6-7-9)12(18)20-5/h8-10H,6-7H2,1-5H3,(H,15,19)(H,16,17). The molecule has 21 heavy (non-hydrogen) atoms. The summed E-state index contributed by atoms with van der Waals surface area (Å²) >= 11 is 0. The van der Waals surface area contributed by atoms with Gasteiger partial charge in [-0.1, -0.05) is 0 Å². The number of rotatable bonds is 5. The van der Waals surface area contributed by atoms with Crippen LogP contribution in [0, 0.1) is 5.92 Å². The zero-order valence-electron chi connectivity index (χ0n) is 13.2. The Morgan fingerprint density at radius 2 is 1.71 bits per heavy atom. The number of alkyl carbamates (subject to hydrolysis) is 1. The van der Waals surface area contributed by atoms with E-state index >= 15 is 0 Å². The van der Waals surface area contributed by atoms with Gasteiger partial charge in [0.25, 0.3) is 0 Å². The molecule has 120 valence electrons. The maximum atomic E-state index is 12.0. The molecule has 0 aliphatic heterocycles. The van der Waals surface area contributed by atoms with Crippen LogP contribution in [0.4, 0.5) is 4.79 Å². The van der Waals surface area contributed by atoms with Crippen LogP contribution in [0.5, 0.6) is 0 Å². The molecule has 2 amide bonds. The molecule has 0 aromatic carbocycles. The number of methoxy groups -OCH3 is 1. The summed E-state index contributed by atoms with van der Waals surface area (Å²) in [7, 11) is 1.28. The van der Waals surface area contributed by atoms with Crippen LogP contribution < -0.4 is 10.6 Å². The first kappa shape index (κ1) is 17.3. The Kier molecular flexibility index (Phi) is 5.57. The van der Waals surface area contributed by atoms with Gasteiger partial charge < -0.3 is 20.1 Å². The SMILES string of the molecule is COC(=O)C(NC(=O)C(C)NC(=O)OC(C)(C)C)C1CC1. The molecule has 2 atom stereocenters. The molecule has 1 rings (SSSR count). The molecule has 7 nitrogen and oxygen atoms in total. The number of nitrogens with one attached hydrogen (secondary N) is 2. The summed E-state index contributed by atoms with van der Waals surface area (Å²) in [5.41, 5.74) is -0.636. The molecule has 0 saturated heterocycles. The van der Waals surface area contributed by atoms with E-state index in [0.29, 0.717) is 0 Å². The van der Waals surface area contributed by atoms with Gasteiger partial charge in [0.2, 0.25) is 5.91 Å². The topological polar surface area (TPSA) is 93.7 Å². The summed E-state index contributed by atoms with van der Waals surface area (Å²) < 4.78 is 9.75.